The molecule has 154 valence electrons. The summed E-state index contributed by atoms with van der Waals surface area (Å²) < 4.78 is 1.69. The number of nitrogens with zero attached hydrogens (tertiary/aromatic N) is 2. The van der Waals surface area contributed by atoms with Crippen LogP contribution in [0, 0.1) is 13.8 Å². The van der Waals surface area contributed by atoms with Crippen molar-refractivity contribution in [2.75, 3.05) is 11.5 Å². The number of aromatic nitrogens is 2. The monoisotopic (exact) mass is 429 g/mol. The Bertz CT molecular complexity index is 961. The molecule has 1 N–H and O–H groups in total. The fraction of sp³-hybridized carbons (Fsp3) is 0.500. The third-order valence-corrected chi connectivity index (χ3v) is 7.48. The maximum absolute atomic E-state index is 13.3. The van der Waals surface area contributed by atoms with Crippen LogP contribution in [0.2, 0.25) is 0 Å². The van der Waals surface area contributed by atoms with E-state index < -0.39 is 0 Å². The average Bonchev–Trinajstić information content (AvgIpc) is 3.15. The summed E-state index contributed by atoms with van der Waals surface area (Å²) in [5.74, 6) is 1.19. The Morgan fingerprint density at radius 1 is 1.21 bits per heavy atom. The third-order valence-electron chi connectivity index (χ3n) is 5.43. The van der Waals surface area contributed by atoms with Crippen molar-refractivity contribution in [2.45, 2.75) is 68.5 Å². The second-order valence-electron chi connectivity index (χ2n) is 7.95. The van der Waals surface area contributed by atoms with E-state index in [-0.39, 0.29) is 17.2 Å². The minimum atomic E-state index is -0.0160. The van der Waals surface area contributed by atoms with Crippen LogP contribution in [0.5, 0.6) is 0 Å². The number of amides is 1. The molecule has 2 heterocycles. The van der Waals surface area contributed by atoms with Crippen LogP contribution in [0.25, 0.3) is 5.69 Å². The van der Waals surface area contributed by atoms with Gasteiger partial charge in [0.15, 0.2) is 5.16 Å². The van der Waals surface area contributed by atoms with Gasteiger partial charge in [-0.15, -0.1) is 11.8 Å². The van der Waals surface area contributed by atoms with Crippen LogP contribution in [-0.2, 0) is 11.2 Å². The normalized spacial score (nSPS) is 16.6. The molecule has 2 aliphatic rings. The molecule has 0 spiro atoms. The van der Waals surface area contributed by atoms with Gasteiger partial charge >= 0.3 is 0 Å². The van der Waals surface area contributed by atoms with Crippen molar-refractivity contribution in [1.29, 1.82) is 0 Å². The van der Waals surface area contributed by atoms with Crippen molar-refractivity contribution >= 4 is 29.4 Å². The number of hydrogen-bond donors (Lipinski definition) is 1. The Hall–Kier alpha value is -1.73. The molecule has 0 radical (unpaired) electrons. The molecule has 2 aromatic rings. The van der Waals surface area contributed by atoms with E-state index in [1.165, 1.54) is 31.0 Å². The highest BCUT2D eigenvalue weighted by Crippen LogP contribution is 2.30. The first-order valence-corrected chi connectivity index (χ1v) is 12.3. The van der Waals surface area contributed by atoms with Crippen LogP contribution in [0.15, 0.2) is 33.0 Å². The number of nitrogens with one attached hydrogen (secondary N) is 1. The van der Waals surface area contributed by atoms with Gasteiger partial charge in [-0.25, -0.2) is 4.98 Å². The van der Waals surface area contributed by atoms with Crippen molar-refractivity contribution in [2.24, 2.45) is 0 Å². The number of hydrogen-bond acceptors (Lipinski definition) is 5. The van der Waals surface area contributed by atoms with Crippen LogP contribution in [-0.4, -0.2) is 33.0 Å². The maximum Gasteiger partial charge on any atom is 0.272 e. The molecule has 0 unspecified atom stereocenters. The van der Waals surface area contributed by atoms with E-state index >= 15 is 0 Å². The Morgan fingerprint density at radius 3 is 2.66 bits per heavy atom. The van der Waals surface area contributed by atoms with E-state index in [1.807, 2.05) is 26.0 Å². The summed E-state index contributed by atoms with van der Waals surface area (Å²) in [7, 11) is 0. The summed E-state index contributed by atoms with van der Waals surface area (Å²) in [4.78, 5) is 31.3. The van der Waals surface area contributed by atoms with Gasteiger partial charge in [-0.05, 0) is 49.9 Å². The molecule has 4 rings (SSSR count). The first kappa shape index (κ1) is 20.5. The zero-order valence-electron chi connectivity index (χ0n) is 17.0. The number of fused-ring (bicyclic) bond motifs is 1. The molecule has 1 aliphatic heterocycles. The van der Waals surface area contributed by atoms with E-state index in [1.54, 1.807) is 16.3 Å². The van der Waals surface area contributed by atoms with Gasteiger partial charge in [0.1, 0.15) is 0 Å². The number of carbonyl (C=O) groups excluding carboxylic acids is 1. The summed E-state index contributed by atoms with van der Waals surface area (Å²) in [5, 5.41) is 3.77. The van der Waals surface area contributed by atoms with Crippen molar-refractivity contribution in [3.05, 3.63) is 45.4 Å². The van der Waals surface area contributed by atoms with Gasteiger partial charge in [-0.1, -0.05) is 37.1 Å². The van der Waals surface area contributed by atoms with E-state index in [4.69, 9.17) is 4.98 Å². The van der Waals surface area contributed by atoms with E-state index in [2.05, 4.69) is 11.4 Å². The van der Waals surface area contributed by atoms with Crippen LogP contribution < -0.4 is 10.9 Å². The molecule has 5 nitrogen and oxygen atoms in total. The van der Waals surface area contributed by atoms with E-state index in [0.717, 1.165) is 52.4 Å². The first-order chi connectivity index (χ1) is 14.0. The summed E-state index contributed by atoms with van der Waals surface area (Å²) in [6, 6.07) is 6.40. The molecule has 1 aliphatic carbocycles. The second-order valence-corrected chi connectivity index (χ2v) is 9.99. The Balaban J connectivity index is 1.61. The van der Waals surface area contributed by atoms with Gasteiger partial charge in [-0.2, -0.15) is 0 Å². The molecule has 0 saturated heterocycles. The minimum absolute atomic E-state index is 0.0160. The number of thioether (sulfide) groups is 2. The number of aryl methyl sites for hydroxylation is 3. The molecule has 1 amide bonds. The SMILES string of the molecule is Cc1cc(C)cc(-n2c(SCC(=O)NC3CCCCC3)nc3c(c2=O)SCC3)c1. The van der Waals surface area contributed by atoms with Crippen LogP contribution in [0.3, 0.4) is 0 Å². The first-order valence-electron chi connectivity index (χ1n) is 10.3. The largest absolute Gasteiger partial charge is 0.353 e. The fourth-order valence-electron chi connectivity index (χ4n) is 4.14. The summed E-state index contributed by atoms with van der Waals surface area (Å²) >= 11 is 2.94. The van der Waals surface area contributed by atoms with Crippen LogP contribution >= 0.6 is 23.5 Å². The highest BCUT2D eigenvalue weighted by Gasteiger charge is 2.23. The topological polar surface area (TPSA) is 64.0 Å². The highest BCUT2D eigenvalue weighted by molar-refractivity contribution is 8.00. The van der Waals surface area contributed by atoms with E-state index in [0.29, 0.717) is 11.2 Å². The van der Waals surface area contributed by atoms with Gasteiger partial charge in [0.2, 0.25) is 5.91 Å². The zero-order chi connectivity index (χ0) is 20.4. The molecule has 29 heavy (non-hydrogen) atoms. The number of benzene rings is 1. The van der Waals surface area contributed by atoms with Gasteiger partial charge in [0.25, 0.3) is 5.56 Å². The van der Waals surface area contributed by atoms with E-state index in [9.17, 15) is 9.59 Å². The Morgan fingerprint density at radius 2 is 1.93 bits per heavy atom. The minimum Gasteiger partial charge on any atom is -0.353 e. The lowest BCUT2D eigenvalue weighted by molar-refractivity contribution is -0.119. The van der Waals surface area contributed by atoms with Crippen molar-refractivity contribution in [1.82, 2.24) is 14.9 Å². The molecule has 0 bridgehead atoms. The third kappa shape index (κ3) is 4.72. The Labute approximate surface area is 180 Å². The van der Waals surface area contributed by atoms with Crippen molar-refractivity contribution < 1.29 is 4.79 Å². The van der Waals surface area contributed by atoms with Crippen molar-refractivity contribution in [3.63, 3.8) is 0 Å². The number of carbonyl (C=O) groups is 1. The number of rotatable bonds is 5. The fourth-order valence-corrected chi connectivity index (χ4v) is 6.01. The van der Waals surface area contributed by atoms with Crippen LogP contribution in [0.1, 0.15) is 48.9 Å². The van der Waals surface area contributed by atoms with Gasteiger partial charge in [0, 0.05) is 18.2 Å². The summed E-state index contributed by atoms with van der Waals surface area (Å²) in [6.45, 7) is 4.06. The summed E-state index contributed by atoms with van der Waals surface area (Å²) in [6.07, 6.45) is 6.59. The van der Waals surface area contributed by atoms with Crippen LogP contribution in [0.4, 0.5) is 0 Å². The lowest BCUT2D eigenvalue weighted by Gasteiger charge is -2.22. The van der Waals surface area contributed by atoms with Gasteiger partial charge < -0.3 is 5.32 Å². The smallest absolute Gasteiger partial charge is 0.272 e. The summed E-state index contributed by atoms with van der Waals surface area (Å²) in [5.41, 5.74) is 3.89. The second kappa shape index (κ2) is 8.96. The lowest BCUT2D eigenvalue weighted by atomic mass is 9.95. The molecular weight excluding hydrogens is 402 g/mol. The molecule has 1 saturated carbocycles. The van der Waals surface area contributed by atoms with Gasteiger partial charge in [-0.3, -0.25) is 14.2 Å². The molecule has 1 fully saturated rings. The zero-order valence-corrected chi connectivity index (χ0v) is 18.6. The van der Waals surface area contributed by atoms with Crippen molar-refractivity contribution in [3.8, 4) is 5.69 Å². The maximum atomic E-state index is 13.3. The molecular formula is C22H27N3O2S2. The Kier molecular flexibility index (Phi) is 6.35. The highest BCUT2D eigenvalue weighted by atomic mass is 32.2. The molecule has 1 aromatic heterocycles. The van der Waals surface area contributed by atoms with Gasteiger partial charge in [0.05, 0.1) is 22.0 Å². The lowest BCUT2D eigenvalue weighted by Crippen LogP contribution is -2.37. The average molecular weight is 430 g/mol. The quantitative estimate of drug-likeness (QED) is 0.574. The predicted molar refractivity (Wildman–Crippen MR) is 119 cm³/mol. The molecule has 1 aromatic carbocycles. The molecule has 7 heteroatoms. The predicted octanol–water partition coefficient (Wildman–Crippen LogP) is 4.04. The molecule has 0 atom stereocenters. The standard InChI is InChI=1S/C22H27N3O2S2/c1-14-10-15(2)12-17(11-14)25-21(27)20-18(8-9-28-20)24-22(25)29-13-19(26)23-16-6-4-3-5-7-16/h10-12,16H,3-9,13H2,1-2H3,(H,23,26).